The van der Waals surface area contributed by atoms with Crippen LogP contribution < -0.4 is 0 Å². The summed E-state index contributed by atoms with van der Waals surface area (Å²) in [4.78, 5) is 11.3. The predicted octanol–water partition coefficient (Wildman–Crippen LogP) is 2.26. The fourth-order valence-electron chi connectivity index (χ4n) is 2.39. The first-order valence-electron chi connectivity index (χ1n) is 6.26. The number of sulfone groups is 1. The lowest BCUT2D eigenvalue weighted by molar-refractivity contribution is 0.101. The lowest BCUT2D eigenvalue weighted by Crippen LogP contribution is -2.24. The topological polar surface area (TPSA) is 51.2 Å². The fourth-order valence-corrected chi connectivity index (χ4v) is 3.98. The van der Waals surface area contributed by atoms with E-state index in [1.165, 1.54) is 0 Å². The average Bonchev–Trinajstić information content (AvgIpc) is 2.32. The molecule has 0 aromatic heterocycles. The van der Waals surface area contributed by atoms with Crippen LogP contribution in [0.1, 0.15) is 35.7 Å². The van der Waals surface area contributed by atoms with Gasteiger partial charge in [0.15, 0.2) is 5.78 Å². The van der Waals surface area contributed by atoms with Crippen molar-refractivity contribution in [3.8, 4) is 0 Å². The molecule has 1 aromatic carbocycles. The van der Waals surface area contributed by atoms with Gasteiger partial charge in [0.05, 0.1) is 11.5 Å². The van der Waals surface area contributed by atoms with Gasteiger partial charge in [-0.1, -0.05) is 18.2 Å². The highest BCUT2D eigenvalue weighted by Crippen LogP contribution is 2.23. The fraction of sp³-hybridized carbons (Fsp3) is 0.500. The van der Waals surface area contributed by atoms with Crippen molar-refractivity contribution >= 4 is 15.6 Å². The maximum Gasteiger partial charge on any atom is 0.159 e. The molecule has 1 fully saturated rings. The van der Waals surface area contributed by atoms with Gasteiger partial charge in [0.2, 0.25) is 0 Å². The van der Waals surface area contributed by atoms with Crippen molar-refractivity contribution in [1.29, 1.82) is 0 Å². The molecule has 0 bridgehead atoms. The van der Waals surface area contributed by atoms with E-state index in [2.05, 4.69) is 0 Å². The molecule has 0 unspecified atom stereocenters. The summed E-state index contributed by atoms with van der Waals surface area (Å²) in [6.45, 7) is 1.56. The zero-order chi connectivity index (χ0) is 13.2. The summed E-state index contributed by atoms with van der Waals surface area (Å²) in [6, 6.07) is 7.64. The lowest BCUT2D eigenvalue weighted by Gasteiger charge is -2.21. The monoisotopic (exact) mass is 266 g/mol. The molecule has 0 atom stereocenters. The van der Waals surface area contributed by atoms with Crippen LogP contribution in [0.3, 0.4) is 0 Å². The van der Waals surface area contributed by atoms with Crippen molar-refractivity contribution in [1.82, 2.24) is 0 Å². The van der Waals surface area contributed by atoms with Gasteiger partial charge in [0, 0.05) is 5.56 Å². The van der Waals surface area contributed by atoms with E-state index in [1.54, 1.807) is 6.92 Å². The zero-order valence-electron chi connectivity index (χ0n) is 10.6. The highest BCUT2D eigenvalue weighted by Gasteiger charge is 2.23. The Morgan fingerprint density at radius 1 is 1.28 bits per heavy atom. The highest BCUT2D eigenvalue weighted by atomic mass is 32.2. The Hall–Kier alpha value is -1.16. The SMILES string of the molecule is CC(=O)c1cccc(CC2CCS(=O)(=O)CC2)c1. The van der Waals surface area contributed by atoms with Gasteiger partial charge in [-0.15, -0.1) is 0 Å². The van der Waals surface area contributed by atoms with Crippen LogP contribution in [0.15, 0.2) is 24.3 Å². The van der Waals surface area contributed by atoms with E-state index in [9.17, 15) is 13.2 Å². The Morgan fingerprint density at radius 2 is 1.94 bits per heavy atom. The number of rotatable bonds is 3. The third-order valence-electron chi connectivity index (χ3n) is 3.53. The summed E-state index contributed by atoms with van der Waals surface area (Å²) in [7, 11) is -2.78. The molecule has 0 N–H and O–H groups in total. The van der Waals surface area contributed by atoms with Crippen molar-refractivity contribution in [2.24, 2.45) is 5.92 Å². The number of Topliss-reactive ketones (excluding diaryl/α,β-unsaturated/α-hetero) is 1. The molecule has 4 heteroatoms. The highest BCUT2D eigenvalue weighted by molar-refractivity contribution is 7.91. The zero-order valence-corrected chi connectivity index (χ0v) is 11.4. The van der Waals surface area contributed by atoms with Crippen LogP contribution in [-0.2, 0) is 16.3 Å². The van der Waals surface area contributed by atoms with Gasteiger partial charge in [0.1, 0.15) is 9.84 Å². The summed E-state index contributed by atoms with van der Waals surface area (Å²) in [5.41, 5.74) is 1.86. The van der Waals surface area contributed by atoms with Crippen molar-refractivity contribution in [3.05, 3.63) is 35.4 Å². The van der Waals surface area contributed by atoms with E-state index >= 15 is 0 Å². The second-order valence-electron chi connectivity index (χ2n) is 5.06. The standard InChI is InChI=1S/C14H18O3S/c1-11(15)14-4-2-3-13(10-14)9-12-5-7-18(16,17)8-6-12/h2-4,10,12H,5-9H2,1H3. The van der Waals surface area contributed by atoms with Crippen molar-refractivity contribution in [2.75, 3.05) is 11.5 Å². The first-order chi connectivity index (χ1) is 8.46. The van der Waals surface area contributed by atoms with Gasteiger partial charge in [-0.3, -0.25) is 4.79 Å². The van der Waals surface area contributed by atoms with Gasteiger partial charge in [-0.05, 0) is 43.7 Å². The quantitative estimate of drug-likeness (QED) is 0.788. The Bertz CT molecular complexity index is 532. The number of hydrogen-bond acceptors (Lipinski definition) is 3. The molecule has 1 saturated heterocycles. The molecule has 0 amide bonds. The molecular formula is C14H18O3S. The van der Waals surface area contributed by atoms with E-state index in [-0.39, 0.29) is 5.78 Å². The Morgan fingerprint density at radius 3 is 2.56 bits per heavy atom. The van der Waals surface area contributed by atoms with Gasteiger partial charge < -0.3 is 0 Å². The molecule has 2 rings (SSSR count). The molecular weight excluding hydrogens is 248 g/mol. The maximum absolute atomic E-state index is 11.3. The molecule has 3 nitrogen and oxygen atoms in total. The van der Waals surface area contributed by atoms with Crippen LogP contribution in [0.4, 0.5) is 0 Å². The third kappa shape index (κ3) is 3.42. The number of carbonyl (C=O) groups excluding carboxylic acids is 1. The minimum absolute atomic E-state index is 0.0723. The summed E-state index contributed by atoms with van der Waals surface area (Å²) in [6.07, 6.45) is 2.36. The Kier molecular flexibility index (Phi) is 3.85. The van der Waals surface area contributed by atoms with E-state index in [4.69, 9.17) is 0 Å². The van der Waals surface area contributed by atoms with Crippen molar-refractivity contribution < 1.29 is 13.2 Å². The first-order valence-corrected chi connectivity index (χ1v) is 8.09. The molecule has 0 aliphatic carbocycles. The number of ketones is 1. The second kappa shape index (κ2) is 5.22. The van der Waals surface area contributed by atoms with E-state index in [0.29, 0.717) is 17.4 Å². The minimum atomic E-state index is -2.78. The molecule has 98 valence electrons. The van der Waals surface area contributed by atoms with Crippen LogP contribution in [0.2, 0.25) is 0 Å². The Balaban J connectivity index is 2.02. The van der Waals surface area contributed by atoms with Crippen LogP contribution >= 0.6 is 0 Å². The molecule has 1 aromatic rings. The first kappa shape index (κ1) is 13.3. The summed E-state index contributed by atoms with van der Waals surface area (Å²) >= 11 is 0. The van der Waals surface area contributed by atoms with Gasteiger partial charge in [0.25, 0.3) is 0 Å². The number of benzene rings is 1. The summed E-state index contributed by atoms with van der Waals surface area (Å²) in [5, 5.41) is 0. The smallest absolute Gasteiger partial charge is 0.159 e. The van der Waals surface area contributed by atoms with Crippen LogP contribution in [0, 0.1) is 5.92 Å². The number of carbonyl (C=O) groups is 1. The predicted molar refractivity (Wildman–Crippen MR) is 71.5 cm³/mol. The van der Waals surface area contributed by atoms with Crippen LogP contribution in [0.5, 0.6) is 0 Å². The van der Waals surface area contributed by atoms with Gasteiger partial charge in [-0.2, -0.15) is 0 Å². The minimum Gasteiger partial charge on any atom is -0.295 e. The molecule has 0 spiro atoms. The van der Waals surface area contributed by atoms with E-state index in [1.807, 2.05) is 24.3 Å². The molecule has 0 radical (unpaired) electrons. The second-order valence-corrected chi connectivity index (χ2v) is 7.36. The lowest BCUT2D eigenvalue weighted by atomic mass is 9.93. The van der Waals surface area contributed by atoms with Crippen LogP contribution in [-0.4, -0.2) is 25.7 Å². The van der Waals surface area contributed by atoms with E-state index < -0.39 is 9.84 Å². The van der Waals surface area contributed by atoms with Gasteiger partial charge >= 0.3 is 0 Å². The van der Waals surface area contributed by atoms with E-state index in [0.717, 1.165) is 30.4 Å². The summed E-state index contributed by atoms with van der Waals surface area (Å²) in [5.74, 6) is 1.12. The molecule has 18 heavy (non-hydrogen) atoms. The Labute approximate surface area is 108 Å². The molecule has 1 aliphatic heterocycles. The third-order valence-corrected chi connectivity index (χ3v) is 5.25. The van der Waals surface area contributed by atoms with Gasteiger partial charge in [-0.25, -0.2) is 8.42 Å². The average molecular weight is 266 g/mol. The van der Waals surface area contributed by atoms with Crippen molar-refractivity contribution in [3.63, 3.8) is 0 Å². The normalized spacial score (nSPS) is 19.6. The maximum atomic E-state index is 11.3. The van der Waals surface area contributed by atoms with Crippen LogP contribution in [0.25, 0.3) is 0 Å². The molecule has 0 saturated carbocycles. The molecule has 1 heterocycles. The molecule has 1 aliphatic rings. The van der Waals surface area contributed by atoms with Crippen molar-refractivity contribution in [2.45, 2.75) is 26.2 Å². The number of hydrogen-bond donors (Lipinski definition) is 0. The largest absolute Gasteiger partial charge is 0.295 e. The summed E-state index contributed by atoms with van der Waals surface area (Å²) < 4.78 is 22.7.